The number of halogens is 1. The lowest BCUT2D eigenvalue weighted by atomic mass is 10.1. The van der Waals surface area contributed by atoms with Crippen LogP contribution in [0.25, 0.3) is 0 Å². The molecule has 1 aliphatic heterocycles. The molecule has 1 amide bonds. The van der Waals surface area contributed by atoms with E-state index < -0.39 is 0 Å². The van der Waals surface area contributed by atoms with Gasteiger partial charge in [0.25, 0.3) is 5.91 Å². The molecule has 18 heavy (non-hydrogen) atoms. The molecule has 0 bridgehead atoms. The van der Waals surface area contributed by atoms with E-state index in [-0.39, 0.29) is 16.9 Å². The summed E-state index contributed by atoms with van der Waals surface area (Å²) in [5.41, 5.74) is 2.16. The third-order valence-corrected chi connectivity index (χ3v) is 3.24. The summed E-state index contributed by atoms with van der Waals surface area (Å²) < 4.78 is 5.15. The van der Waals surface area contributed by atoms with E-state index >= 15 is 0 Å². The molecular weight excluding hydrogens is 252 g/mol. The third kappa shape index (κ3) is 1.99. The van der Waals surface area contributed by atoms with Gasteiger partial charge in [0.2, 0.25) is 0 Å². The number of carbonyl (C=O) groups is 1. The number of rotatable bonds is 1. The first-order valence-electron chi connectivity index (χ1n) is 5.71. The second kappa shape index (κ2) is 4.46. The van der Waals surface area contributed by atoms with E-state index in [0.29, 0.717) is 13.1 Å². The number of furan rings is 1. The largest absolute Gasteiger partial charge is 0.440 e. The van der Waals surface area contributed by atoms with Crippen molar-refractivity contribution in [3.8, 4) is 0 Å². The van der Waals surface area contributed by atoms with E-state index in [9.17, 15) is 4.79 Å². The third-order valence-electron chi connectivity index (χ3n) is 3.04. The topological polar surface area (TPSA) is 46.3 Å². The van der Waals surface area contributed by atoms with Gasteiger partial charge in [0.15, 0.2) is 11.0 Å². The molecule has 4 nitrogen and oxygen atoms in total. The lowest BCUT2D eigenvalue weighted by molar-refractivity contribution is 0.0701. The number of hydrogen-bond donors (Lipinski definition) is 0. The molecular formula is C13H11ClN2O2. The van der Waals surface area contributed by atoms with Crippen LogP contribution < -0.4 is 0 Å². The van der Waals surface area contributed by atoms with Crippen molar-refractivity contribution in [3.05, 3.63) is 52.7 Å². The Labute approximate surface area is 109 Å². The van der Waals surface area contributed by atoms with Crippen molar-refractivity contribution in [2.24, 2.45) is 0 Å². The second-order valence-electron chi connectivity index (χ2n) is 4.19. The zero-order chi connectivity index (χ0) is 12.5. The summed E-state index contributed by atoms with van der Waals surface area (Å²) in [4.78, 5) is 18.2. The Bertz CT molecular complexity index is 594. The first-order chi connectivity index (χ1) is 8.74. The molecule has 0 N–H and O–H groups in total. The van der Waals surface area contributed by atoms with Gasteiger partial charge < -0.3 is 9.32 Å². The first kappa shape index (κ1) is 11.3. The summed E-state index contributed by atoms with van der Waals surface area (Å²) in [5.74, 6) is 0.156. The highest BCUT2D eigenvalue weighted by atomic mass is 35.5. The van der Waals surface area contributed by atoms with Crippen LogP contribution in [0.1, 0.15) is 21.8 Å². The average molecular weight is 263 g/mol. The molecule has 0 spiro atoms. The van der Waals surface area contributed by atoms with E-state index in [1.54, 1.807) is 23.2 Å². The van der Waals surface area contributed by atoms with E-state index in [2.05, 4.69) is 4.98 Å². The van der Waals surface area contributed by atoms with Crippen LogP contribution in [-0.4, -0.2) is 22.3 Å². The fourth-order valence-corrected chi connectivity index (χ4v) is 2.27. The van der Waals surface area contributed by atoms with E-state index in [0.717, 1.165) is 17.7 Å². The maximum Gasteiger partial charge on any atom is 0.289 e. The Balaban J connectivity index is 1.82. The van der Waals surface area contributed by atoms with E-state index in [4.69, 9.17) is 16.0 Å². The smallest absolute Gasteiger partial charge is 0.289 e. The minimum atomic E-state index is -0.128. The molecule has 0 saturated heterocycles. The molecule has 0 unspecified atom stereocenters. The van der Waals surface area contributed by atoms with Crippen LogP contribution in [0.15, 0.2) is 34.9 Å². The van der Waals surface area contributed by atoms with E-state index in [1.807, 2.05) is 12.1 Å². The Morgan fingerprint density at radius 1 is 1.39 bits per heavy atom. The molecule has 5 heteroatoms. The van der Waals surface area contributed by atoms with Crippen molar-refractivity contribution in [3.63, 3.8) is 0 Å². The number of pyridine rings is 1. The van der Waals surface area contributed by atoms with Gasteiger partial charge in [-0.3, -0.25) is 9.78 Å². The molecule has 92 valence electrons. The number of carbonyl (C=O) groups excluding carboxylic acids is 1. The minimum Gasteiger partial charge on any atom is -0.440 e. The van der Waals surface area contributed by atoms with Gasteiger partial charge in [-0.25, -0.2) is 0 Å². The minimum absolute atomic E-state index is 0.128. The number of aromatic nitrogens is 1. The lowest BCUT2D eigenvalue weighted by Crippen LogP contribution is -2.36. The van der Waals surface area contributed by atoms with Crippen molar-refractivity contribution in [2.75, 3.05) is 6.54 Å². The van der Waals surface area contributed by atoms with Crippen molar-refractivity contribution in [1.29, 1.82) is 0 Å². The SMILES string of the molecule is O=C(c1ccc(Cl)o1)N1CCc2ncccc2C1. The lowest BCUT2D eigenvalue weighted by Gasteiger charge is -2.27. The van der Waals surface area contributed by atoms with Crippen LogP contribution in [-0.2, 0) is 13.0 Å². The number of nitrogens with zero attached hydrogens (tertiary/aromatic N) is 2. The standard InChI is InChI=1S/C13H11ClN2O2/c14-12-4-3-11(18-12)13(17)16-7-5-10-9(8-16)2-1-6-15-10/h1-4,6H,5,7-8H2. The fourth-order valence-electron chi connectivity index (χ4n) is 2.12. The quantitative estimate of drug-likeness (QED) is 0.793. The average Bonchev–Trinajstić information content (AvgIpc) is 2.84. The highest BCUT2D eigenvalue weighted by Crippen LogP contribution is 2.20. The second-order valence-corrected chi connectivity index (χ2v) is 4.56. The summed E-state index contributed by atoms with van der Waals surface area (Å²) in [6, 6.07) is 7.06. The maximum absolute atomic E-state index is 12.2. The van der Waals surface area contributed by atoms with Crippen LogP contribution in [0.3, 0.4) is 0 Å². The van der Waals surface area contributed by atoms with Crippen molar-refractivity contribution >= 4 is 17.5 Å². The molecule has 2 aromatic heterocycles. The van der Waals surface area contributed by atoms with Gasteiger partial charge >= 0.3 is 0 Å². The molecule has 0 aliphatic carbocycles. The number of hydrogen-bond acceptors (Lipinski definition) is 3. The molecule has 0 atom stereocenters. The Kier molecular flexibility index (Phi) is 2.80. The molecule has 3 heterocycles. The van der Waals surface area contributed by atoms with Crippen molar-refractivity contribution in [2.45, 2.75) is 13.0 Å². The predicted octanol–water partition coefficient (Wildman–Crippen LogP) is 2.53. The molecule has 3 rings (SSSR count). The molecule has 0 aromatic carbocycles. The maximum atomic E-state index is 12.2. The zero-order valence-electron chi connectivity index (χ0n) is 9.60. The predicted molar refractivity (Wildman–Crippen MR) is 66.4 cm³/mol. The Morgan fingerprint density at radius 3 is 3.06 bits per heavy atom. The van der Waals surface area contributed by atoms with Crippen LogP contribution in [0.5, 0.6) is 0 Å². The van der Waals surface area contributed by atoms with Crippen LogP contribution >= 0.6 is 11.6 Å². The summed E-state index contributed by atoms with van der Waals surface area (Å²) in [6.45, 7) is 1.22. The normalized spacial score (nSPS) is 14.4. The summed E-state index contributed by atoms with van der Waals surface area (Å²) in [6.07, 6.45) is 2.55. The first-order valence-corrected chi connectivity index (χ1v) is 6.09. The van der Waals surface area contributed by atoms with E-state index in [1.165, 1.54) is 0 Å². The van der Waals surface area contributed by atoms with Gasteiger partial charge in [-0.15, -0.1) is 0 Å². The highest BCUT2D eigenvalue weighted by Gasteiger charge is 2.24. The number of amides is 1. The van der Waals surface area contributed by atoms with Crippen molar-refractivity contribution in [1.82, 2.24) is 9.88 Å². The molecule has 0 saturated carbocycles. The zero-order valence-corrected chi connectivity index (χ0v) is 10.4. The van der Waals surface area contributed by atoms with Gasteiger partial charge in [0, 0.05) is 31.4 Å². The summed E-state index contributed by atoms with van der Waals surface area (Å²) >= 11 is 5.68. The summed E-state index contributed by atoms with van der Waals surface area (Å²) in [5, 5.41) is 0.234. The fraction of sp³-hybridized carbons (Fsp3) is 0.231. The van der Waals surface area contributed by atoms with Gasteiger partial charge in [-0.1, -0.05) is 6.07 Å². The monoisotopic (exact) mass is 262 g/mol. The van der Waals surface area contributed by atoms with Gasteiger partial charge in [0.1, 0.15) is 0 Å². The Hall–Kier alpha value is -1.81. The van der Waals surface area contributed by atoms with Crippen LogP contribution in [0.4, 0.5) is 0 Å². The van der Waals surface area contributed by atoms with Gasteiger partial charge in [0.05, 0.1) is 0 Å². The van der Waals surface area contributed by atoms with Gasteiger partial charge in [-0.05, 0) is 35.4 Å². The van der Waals surface area contributed by atoms with Crippen LogP contribution in [0, 0.1) is 0 Å². The molecule has 0 fully saturated rings. The number of fused-ring (bicyclic) bond motifs is 1. The molecule has 0 radical (unpaired) electrons. The Morgan fingerprint density at radius 2 is 2.28 bits per heavy atom. The highest BCUT2D eigenvalue weighted by molar-refractivity contribution is 6.29. The van der Waals surface area contributed by atoms with Gasteiger partial charge in [-0.2, -0.15) is 0 Å². The van der Waals surface area contributed by atoms with Crippen LogP contribution in [0.2, 0.25) is 5.22 Å². The van der Waals surface area contributed by atoms with Crippen molar-refractivity contribution < 1.29 is 9.21 Å². The molecule has 2 aromatic rings. The molecule has 1 aliphatic rings. The summed E-state index contributed by atoms with van der Waals surface area (Å²) in [7, 11) is 0.